The lowest BCUT2D eigenvalue weighted by atomic mass is 9.87. The Morgan fingerprint density at radius 3 is 2.76 bits per heavy atom. The largest absolute Gasteiger partial charge is 0.481 e. The van der Waals surface area contributed by atoms with Gasteiger partial charge in [0, 0.05) is 25.1 Å². The third kappa shape index (κ3) is 3.62. The first kappa shape index (κ1) is 15.1. The van der Waals surface area contributed by atoms with Crippen molar-refractivity contribution < 1.29 is 19.4 Å². The summed E-state index contributed by atoms with van der Waals surface area (Å²) in [6.45, 7) is 5.00. The van der Waals surface area contributed by atoms with Crippen molar-refractivity contribution in [1.82, 2.24) is 9.88 Å². The van der Waals surface area contributed by atoms with E-state index in [4.69, 9.17) is 9.84 Å². The normalized spacial score (nSPS) is 16.0. The minimum absolute atomic E-state index is 0.0201. The van der Waals surface area contributed by atoms with Gasteiger partial charge in [-0.05, 0) is 13.0 Å². The third-order valence-corrected chi connectivity index (χ3v) is 3.57. The van der Waals surface area contributed by atoms with E-state index in [9.17, 15) is 9.59 Å². The standard InChI is InChI=1S/C14H19N3O4/c1-3-21-12-5-4-11(6-15-12)16-14(20)17-7-10(8-17)9(2)13(18)19/h4-6,9-10H,3,7-8H2,1-2H3,(H,16,20)(H,18,19). The number of ether oxygens (including phenoxy) is 1. The molecule has 1 aromatic heterocycles. The molecule has 1 aliphatic heterocycles. The molecular formula is C14H19N3O4. The molecule has 1 unspecified atom stereocenters. The molecule has 0 aliphatic carbocycles. The van der Waals surface area contributed by atoms with E-state index in [1.165, 1.54) is 6.20 Å². The van der Waals surface area contributed by atoms with Crippen LogP contribution in [0.3, 0.4) is 0 Å². The van der Waals surface area contributed by atoms with Gasteiger partial charge in [0.05, 0.1) is 24.4 Å². The minimum Gasteiger partial charge on any atom is -0.481 e. The summed E-state index contributed by atoms with van der Waals surface area (Å²) in [5.74, 6) is -0.724. The lowest BCUT2D eigenvalue weighted by molar-refractivity contribution is -0.144. The molecule has 1 fully saturated rings. The Labute approximate surface area is 122 Å². The highest BCUT2D eigenvalue weighted by Crippen LogP contribution is 2.24. The van der Waals surface area contributed by atoms with E-state index in [0.29, 0.717) is 31.3 Å². The molecule has 2 rings (SSSR count). The van der Waals surface area contributed by atoms with E-state index in [2.05, 4.69) is 10.3 Å². The Morgan fingerprint density at radius 1 is 1.52 bits per heavy atom. The Hall–Kier alpha value is -2.31. The number of aromatic nitrogens is 1. The summed E-state index contributed by atoms with van der Waals surface area (Å²) in [7, 11) is 0. The molecule has 0 spiro atoms. The Balaban J connectivity index is 1.82. The molecule has 0 radical (unpaired) electrons. The second kappa shape index (κ2) is 6.43. The van der Waals surface area contributed by atoms with Crippen LogP contribution in [0.5, 0.6) is 5.88 Å². The van der Waals surface area contributed by atoms with Crippen LogP contribution >= 0.6 is 0 Å². The molecule has 0 saturated carbocycles. The number of pyridine rings is 1. The highest BCUT2D eigenvalue weighted by molar-refractivity contribution is 5.89. The molecule has 0 bridgehead atoms. The van der Waals surface area contributed by atoms with Crippen LogP contribution in [0, 0.1) is 11.8 Å². The van der Waals surface area contributed by atoms with Gasteiger partial charge in [0.1, 0.15) is 0 Å². The predicted octanol–water partition coefficient (Wildman–Crippen LogP) is 1.66. The van der Waals surface area contributed by atoms with Crippen LogP contribution in [0.15, 0.2) is 18.3 Å². The zero-order valence-corrected chi connectivity index (χ0v) is 12.1. The average molecular weight is 293 g/mol. The molecule has 2 heterocycles. The fourth-order valence-corrected chi connectivity index (χ4v) is 2.09. The molecule has 1 saturated heterocycles. The first-order chi connectivity index (χ1) is 10.0. The number of urea groups is 1. The fraction of sp³-hybridized carbons (Fsp3) is 0.500. The molecule has 1 aromatic rings. The molecule has 2 N–H and O–H groups in total. The Morgan fingerprint density at radius 2 is 2.24 bits per heavy atom. The van der Waals surface area contributed by atoms with E-state index >= 15 is 0 Å². The van der Waals surface area contributed by atoms with Gasteiger partial charge in [0.15, 0.2) is 0 Å². The lowest BCUT2D eigenvalue weighted by Gasteiger charge is -2.40. The van der Waals surface area contributed by atoms with E-state index in [1.54, 1.807) is 24.0 Å². The molecular weight excluding hydrogens is 274 g/mol. The van der Waals surface area contributed by atoms with Crippen LogP contribution in [-0.4, -0.2) is 46.7 Å². The quantitative estimate of drug-likeness (QED) is 0.861. The number of carbonyl (C=O) groups excluding carboxylic acids is 1. The smallest absolute Gasteiger partial charge is 0.321 e. The number of nitrogens with zero attached hydrogens (tertiary/aromatic N) is 2. The predicted molar refractivity (Wildman–Crippen MR) is 76.3 cm³/mol. The summed E-state index contributed by atoms with van der Waals surface area (Å²) in [5, 5.41) is 11.6. The van der Waals surface area contributed by atoms with Crippen molar-refractivity contribution in [3.8, 4) is 5.88 Å². The topological polar surface area (TPSA) is 91.8 Å². The maximum absolute atomic E-state index is 12.0. The van der Waals surface area contributed by atoms with Crippen molar-refractivity contribution in [2.75, 3.05) is 25.0 Å². The van der Waals surface area contributed by atoms with Crippen molar-refractivity contribution in [2.24, 2.45) is 11.8 Å². The number of carbonyl (C=O) groups is 2. The Bertz CT molecular complexity index is 511. The van der Waals surface area contributed by atoms with E-state index in [-0.39, 0.29) is 11.9 Å². The molecule has 7 nitrogen and oxygen atoms in total. The van der Waals surface area contributed by atoms with Gasteiger partial charge in [-0.15, -0.1) is 0 Å². The van der Waals surface area contributed by atoms with Crippen LogP contribution in [0.4, 0.5) is 10.5 Å². The Kier molecular flexibility index (Phi) is 4.62. The molecule has 21 heavy (non-hydrogen) atoms. The van der Waals surface area contributed by atoms with Crippen LogP contribution in [0.2, 0.25) is 0 Å². The fourth-order valence-electron chi connectivity index (χ4n) is 2.09. The number of carboxylic acids is 1. The van der Waals surface area contributed by atoms with E-state index in [0.717, 1.165) is 0 Å². The third-order valence-electron chi connectivity index (χ3n) is 3.57. The average Bonchev–Trinajstić information content (AvgIpc) is 2.39. The van der Waals surface area contributed by atoms with Crippen LogP contribution in [0.25, 0.3) is 0 Å². The van der Waals surface area contributed by atoms with Gasteiger partial charge in [0.2, 0.25) is 5.88 Å². The van der Waals surface area contributed by atoms with Crippen molar-refractivity contribution in [1.29, 1.82) is 0 Å². The van der Waals surface area contributed by atoms with Crippen molar-refractivity contribution in [3.63, 3.8) is 0 Å². The van der Waals surface area contributed by atoms with Gasteiger partial charge >= 0.3 is 12.0 Å². The minimum atomic E-state index is -0.823. The highest BCUT2D eigenvalue weighted by atomic mass is 16.5. The summed E-state index contributed by atoms with van der Waals surface area (Å²) in [5.41, 5.74) is 0.582. The number of carboxylic acid groups (broad SMARTS) is 1. The number of aliphatic carboxylic acids is 1. The summed E-state index contributed by atoms with van der Waals surface area (Å²) in [6.07, 6.45) is 1.53. The lowest BCUT2D eigenvalue weighted by Crippen LogP contribution is -2.54. The number of hydrogen-bond donors (Lipinski definition) is 2. The second-order valence-corrected chi connectivity index (χ2v) is 5.04. The van der Waals surface area contributed by atoms with Gasteiger partial charge in [-0.1, -0.05) is 6.92 Å². The molecule has 0 aromatic carbocycles. The highest BCUT2D eigenvalue weighted by Gasteiger charge is 2.37. The number of amides is 2. The molecule has 1 aliphatic rings. The van der Waals surface area contributed by atoms with Crippen molar-refractivity contribution in [3.05, 3.63) is 18.3 Å². The zero-order chi connectivity index (χ0) is 15.4. The maximum Gasteiger partial charge on any atom is 0.321 e. The van der Waals surface area contributed by atoms with E-state index < -0.39 is 11.9 Å². The van der Waals surface area contributed by atoms with Gasteiger partial charge in [-0.3, -0.25) is 4.79 Å². The summed E-state index contributed by atoms with van der Waals surface area (Å²) in [6, 6.07) is 3.16. The first-order valence-corrected chi connectivity index (χ1v) is 6.88. The molecule has 2 amide bonds. The van der Waals surface area contributed by atoms with Gasteiger partial charge in [0.25, 0.3) is 0 Å². The van der Waals surface area contributed by atoms with Crippen molar-refractivity contribution >= 4 is 17.7 Å². The first-order valence-electron chi connectivity index (χ1n) is 6.88. The molecule has 1 atom stereocenters. The maximum atomic E-state index is 12.0. The summed E-state index contributed by atoms with van der Waals surface area (Å²) >= 11 is 0. The van der Waals surface area contributed by atoms with Gasteiger partial charge < -0.3 is 20.1 Å². The second-order valence-electron chi connectivity index (χ2n) is 5.04. The van der Waals surface area contributed by atoms with Crippen LogP contribution < -0.4 is 10.1 Å². The molecule has 7 heteroatoms. The van der Waals surface area contributed by atoms with E-state index in [1.807, 2.05) is 6.92 Å². The van der Waals surface area contributed by atoms with Gasteiger partial charge in [-0.25, -0.2) is 9.78 Å². The SMILES string of the molecule is CCOc1ccc(NC(=O)N2CC(C(C)C(=O)O)C2)cn1. The monoisotopic (exact) mass is 293 g/mol. The summed E-state index contributed by atoms with van der Waals surface area (Å²) < 4.78 is 5.22. The van der Waals surface area contributed by atoms with Gasteiger partial charge in [-0.2, -0.15) is 0 Å². The molecule has 114 valence electrons. The zero-order valence-electron chi connectivity index (χ0n) is 12.1. The number of nitrogens with one attached hydrogen (secondary N) is 1. The van der Waals surface area contributed by atoms with Crippen molar-refractivity contribution in [2.45, 2.75) is 13.8 Å². The number of likely N-dealkylation sites (tertiary alicyclic amines) is 1. The number of rotatable bonds is 5. The summed E-state index contributed by atoms with van der Waals surface area (Å²) in [4.78, 5) is 28.4. The number of anilines is 1. The number of hydrogen-bond acceptors (Lipinski definition) is 4. The van der Waals surface area contributed by atoms with Crippen LogP contribution in [0.1, 0.15) is 13.8 Å². The van der Waals surface area contributed by atoms with Crippen LogP contribution in [-0.2, 0) is 4.79 Å².